The summed E-state index contributed by atoms with van der Waals surface area (Å²) < 4.78 is 47.4. The number of halogens is 3. The Bertz CT molecular complexity index is 709. The number of unbranched alkanes of at least 4 members (excludes halogenated alkanes) is 1. The Morgan fingerprint density at radius 2 is 1.91 bits per heavy atom. The standard InChI is InChI=1S/C15H14F3N3O2/c1-9-7-11(13-20-14(23-21-13)15(16,17)18)8-10(2)12(9)22-6-4-3-5-19/h7-8H,3-4,6H2,1-2H3. The van der Waals surface area contributed by atoms with Gasteiger partial charge in [-0.3, -0.25) is 0 Å². The van der Waals surface area contributed by atoms with Gasteiger partial charge < -0.3 is 9.26 Å². The molecule has 1 aromatic carbocycles. The Hall–Kier alpha value is -2.56. The first kappa shape index (κ1) is 16.8. The van der Waals surface area contributed by atoms with Gasteiger partial charge in [-0.2, -0.15) is 23.4 Å². The van der Waals surface area contributed by atoms with Crippen molar-refractivity contribution in [3.05, 3.63) is 29.2 Å². The molecule has 0 aliphatic rings. The molecule has 0 radical (unpaired) electrons. The van der Waals surface area contributed by atoms with Gasteiger partial charge in [0.1, 0.15) is 5.75 Å². The van der Waals surface area contributed by atoms with Crippen LogP contribution in [-0.4, -0.2) is 16.7 Å². The third kappa shape index (κ3) is 4.00. The summed E-state index contributed by atoms with van der Waals surface area (Å²) in [6.45, 7) is 3.96. The number of hydrogen-bond acceptors (Lipinski definition) is 5. The van der Waals surface area contributed by atoms with Crippen LogP contribution in [0, 0.1) is 25.2 Å². The van der Waals surface area contributed by atoms with Crippen molar-refractivity contribution in [2.45, 2.75) is 32.9 Å². The summed E-state index contributed by atoms with van der Waals surface area (Å²) in [4.78, 5) is 3.37. The minimum absolute atomic E-state index is 0.125. The minimum Gasteiger partial charge on any atom is -0.493 e. The summed E-state index contributed by atoms with van der Waals surface area (Å²) in [6.07, 6.45) is -3.66. The van der Waals surface area contributed by atoms with Crippen LogP contribution >= 0.6 is 0 Å². The molecule has 0 fully saturated rings. The molecule has 0 bridgehead atoms. The highest BCUT2D eigenvalue weighted by atomic mass is 19.4. The van der Waals surface area contributed by atoms with E-state index in [0.29, 0.717) is 30.8 Å². The van der Waals surface area contributed by atoms with Crippen LogP contribution in [-0.2, 0) is 6.18 Å². The summed E-state index contributed by atoms with van der Waals surface area (Å²) in [5.74, 6) is -0.856. The van der Waals surface area contributed by atoms with E-state index in [1.807, 2.05) is 6.07 Å². The number of nitriles is 1. The fourth-order valence-corrected chi connectivity index (χ4v) is 2.09. The van der Waals surface area contributed by atoms with Gasteiger partial charge in [-0.1, -0.05) is 5.16 Å². The highest BCUT2D eigenvalue weighted by Crippen LogP contribution is 2.32. The number of ether oxygens (including phenoxy) is 1. The molecule has 0 spiro atoms. The van der Waals surface area contributed by atoms with Gasteiger partial charge in [0.05, 0.1) is 12.7 Å². The summed E-state index contributed by atoms with van der Waals surface area (Å²) in [5.41, 5.74) is 1.91. The maximum Gasteiger partial charge on any atom is 0.471 e. The second kappa shape index (κ2) is 6.69. The lowest BCUT2D eigenvalue weighted by Crippen LogP contribution is -2.05. The lowest BCUT2D eigenvalue weighted by atomic mass is 10.1. The van der Waals surface area contributed by atoms with Crippen molar-refractivity contribution < 1.29 is 22.4 Å². The Morgan fingerprint density at radius 3 is 2.43 bits per heavy atom. The molecule has 0 N–H and O–H groups in total. The molecule has 1 heterocycles. The van der Waals surface area contributed by atoms with E-state index in [0.717, 1.165) is 11.1 Å². The number of hydrogen-bond donors (Lipinski definition) is 0. The quantitative estimate of drug-likeness (QED) is 0.775. The van der Waals surface area contributed by atoms with Crippen molar-refractivity contribution in [1.82, 2.24) is 10.1 Å². The van der Waals surface area contributed by atoms with Crippen molar-refractivity contribution in [1.29, 1.82) is 5.26 Å². The fraction of sp³-hybridized carbons (Fsp3) is 0.400. The van der Waals surface area contributed by atoms with Gasteiger partial charge in [-0.15, -0.1) is 0 Å². The first-order chi connectivity index (χ1) is 10.8. The number of alkyl halides is 3. The Kier molecular flexibility index (Phi) is 4.89. The van der Waals surface area contributed by atoms with Gasteiger partial charge in [-0.25, -0.2) is 0 Å². The van der Waals surface area contributed by atoms with Crippen LogP contribution in [0.4, 0.5) is 13.2 Å². The number of aromatic nitrogens is 2. The van der Waals surface area contributed by atoms with Gasteiger partial charge >= 0.3 is 12.1 Å². The van der Waals surface area contributed by atoms with Crippen LogP contribution in [0.5, 0.6) is 5.75 Å². The predicted octanol–water partition coefficient (Wildman–Crippen LogP) is 4.05. The fourth-order valence-electron chi connectivity index (χ4n) is 2.09. The van der Waals surface area contributed by atoms with Crippen LogP contribution in [0.15, 0.2) is 16.7 Å². The topological polar surface area (TPSA) is 71.9 Å². The lowest BCUT2D eigenvalue weighted by Gasteiger charge is -2.12. The highest BCUT2D eigenvalue weighted by molar-refractivity contribution is 5.61. The number of aryl methyl sites for hydroxylation is 2. The zero-order chi connectivity index (χ0) is 17.0. The Labute approximate surface area is 130 Å². The van der Waals surface area contributed by atoms with Crippen LogP contribution in [0.25, 0.3) is 11.4 Å². The van der Waals surface area contributed by atoms with E-state index in [9.17, 15) is 13.2 Å². The van der Waals surface area contributed by atoms with E-state index in [1.165, 1.54) is 0 Å². The summed E-state index contributed by atoms with van der Waals surface area (Å²) in [5, 5.41) is 11.9. The molecule has 23 heavy (non-hydrogen) atoms. The Morgan fingerprint density at radius 1 is 1.26 bits per heavy atom. The van der Waals surface area contributed by atoms with Gasteiger partial charge in [0, 0.05) is 12.0 Å². The summed E-state index contributed by atoms with van der Waals surface area (Å²) >= 11 is 0. The van der Waals surface area contributed by atoms with E-state index in [4.69, 9.17) is 10.00 Å². The number of rotatable bonds is 5. The van der Waals surface area contributed by atoms with Crippen molar-refractivity contribution >= 4 is 0 Å². The lowest BCUT2D eigenvalue weighted by molar-refractivity contribution is -0.159. The third-order valence-corrected chi connectivity index (χ3v) is 3.07. The van der Waals surface area contributed by atoms with E-state index in [1.54, 1.807) is 26.0 Å². The molecule has 2 rings (SSSR count). The molecule has 0 amide bonds. The second-order valence-corrected chi connectivity index (χ2v) is 4.97. The van der Waals surface area contributed by atoms with Crippen molar-refractivity contribution in [3.8, 4) is 23.2 Å². The monoisotopic (exact) mass is 325 g/mol. The molecule has 122 valence electrons. The SMILES string of the molecule is Cc1cc(-c2noc(C(F)(F)F)n2)cc(C)c1OCCCC#N. The normalized spacial score (nSPS) is 11.3. The van der Waals surface area contributed by atoms with Gasteiger partial charge in [0.25, 0.3) is 0 Å². The molecule has 0 unspecified atom stereocenters. The van der Waals surface area contributed by atoms with Crippen molar-refractivity contribution in [3.63, 3.8) is 0 Å². The second-order valence-electron chi connectivity index (χ2n) is 4.97. The summed E-state index contributed by atoms with van der Waals surface area (Å²) in [7, 11) is 0. The average Bonchev–Trinajstić information content (AvgIpc) is 2.95. The molecule has 0 aliphatic carbocycles. The molecule has 0 saturated heterocycles. The van der Waals surface area contributed by atoms with Gasteiger partial charge in [0.2, 0.25) is 5.82 Å². The molecular formula is C15H14F3N3O2. The molecule has 0 aliphatic heterocycles. The maximum absolute atomic E-state index is 12.5. The first-order valence-electron chi connectivity index (χ1n) is 6.85. The van der Waals surface area contributed by atoms with E-state index < -0.39 is 12.1 Å². The molecule has 0 saturated carbocycles. The smallest absolute Gasteiger partial charge is 0.471 e. The Balaban J connectivity index is 2.22. The van der Waals surface area contributed by atoms with Gasteiger partial charge in [0.15, 0.2) is 0 Å². The van der Waals surface area contributed by atoms with Gasteiger partial charge in [-0.05, 0) is 43.5 Å². The van der Waals surface area contributed by atoms with Crippen LogP contribution < -0.4 is 4.74 Å². The molecular weight excluding hydrogens is 311 g/mol. The number of benzene rings is 1. The van der Waals surface area contributed by atoms with Crippen LogP contribution in [0.2, 0.25) is 0 Å². The average molecular weight is 325 g/mol. The minimum atomic E-state index is -4.67. The maximum atomic E-state index is 12.5. The number of nitrogens with zero attached hydrogens (tertiary/aromatic N) is 3. The van der Waals surface area contributed by atoms with Crippen molar-refractivity contribution in [2.75, 3.05) is 6.61 Å². The van der Waals surface area contributed by atoms with E-state index in [-0.39, 0.29) is 5.82 Å². The molecule has 2 aromatic rings. The predicted molar refractivity (Wildman–Crippen MR) is 74.6 cm³/mol. The van der Waals surface area contributed by atoms with Crippen LogP contribution in [0.1, 0.15) is 29.9 Å². The van der Waals surface area contributed by atoms with E-state index >= 15 is 0 Å². The first-order valence-corrected chi connectivity index (χ1v) is 6.85. The molecule has 0 atom stereocenters. The van der Waals surface area contributed by atoms with Crippen LogP contribution in [0.3, 0.4) is 0 Å². The third-order valence-electron chi connectivity index (χ3n) is 3.07. The van der Waals surface area contributed by atoms with Crippen molar-refractivity contribution in [2.24, 2.45) is 0 Å². The largest absolute Gasteiger partial charge is 0.493 e. The van der Waals surface area contributed by atoms with E-state index in [2.05, 4.69) is 14.7 Å². The molecule has 1 aromatic heterocycles. The molecule has 5 nitrogen and oxygen atoms in total. The zero-order valence-corrected chi connectivity index (χ0v) is 12.6. The molecule has 8 heteroatoms. The summed E-state index contributed by atoms with van der Waals surface area (Å²) in [6, 6.07) is 5.30. The zero-order valence-electron chi connectivity index (χ0n) is 12.6. The highest BCUT2D eigenvalue weighted by Gasteiger charge is 2.38.